The minimum Gasteiger partial charge on any atom is -0.349 e. The van der Waals surface area contributed by atoms with E-state index < -0.39 is 0 Å². The Morgan fingerprint density at radius 2 is 2.30 bits per heavy atom. The summed E-state index contributed by atoms with van der Waals surface area (Å²) in [5, 5.41) is 7.74. The molecule has 0 radical (unpaired) electrons. The Morgan fingerprint density at radius 3 is 3.00 bits per heavy atom. The summed E-state index contributed by atoms with van der Waals surface area (Å²) in [4.78, 5) is 21.5. The minimum atomic E-state index is 0.150. The average Bonchev–Trinajstić information content (AvgIpc) is 2.93. The minimum absolute atomic E-state index is 0.150. The third-order valence-electron chi connectivity index (χ3n) is 2.66. The van der Waals surface area contributed by atoms with Crippen molar-refractivity contribution in [2.45, 2.75) is 18.0 Å². The summed E-state index contributed by atoms with van der Waals surface area (Å²) < 4.78 is 0. The molecule has 106 valence electrons. The molecule has 0 atom stereocenters. The van der Waals surface area contributed by atoms with Gasteiger partial charge in [0.1, 0.15) is 0 Å². The molecule has 0 unspecified atom stereocenters. The lowest BCUT2D eigenvalue weighted by Crippen LogP contribution is -2.21. The molecule has 2 aromatic rings. The summed E-state index contributed by atoms with van der Waals surface area (Å²) in [7, 11) is 3.54. The number of carbonyl (C=O) groups excluding carboxylic acids is 1. The van der Waals surface area contributed by atoms with Crippen LogP contribution in [0.3, 0.4) is 0 Å². The van der Waals surface area contributed by atoms with Crippen LogP contribution in [-0.2, 0) is 4.79 Å². The molecule has 0 fully saturated rings. The molecule has 2 aromatic heterocycles. The molecule has 0 spiro atoms. The lowest BCUT2D eigenvalue weighted by Gasteiger charge is -2.08. The van der Waals surface area contributed by atoms with Crippen LogP contribution in [0.4, 0.5) is 0 Å². The van der Waals surface area contributed by atoms with E-state index in [9.17, 15) is 4.79 Å². The normalized spacial score (nSPS) is 10.5. The number of rotatable bonds is 6. The molecule has 0 aliphatic carbocycles. The van der Waals surface area contributed by atoms with Gasteiger partial charge in [-0.15, -0.1) is 5.10 Å². The van der Waals surface area contributed by atoms with Crippen LogP contribution in [0.2, 0.25) is 0 Å². The zero-order valence-corrected chi connectivity index (χ0v) is 12.4. The van der Waals surface area contributed by atoms with Gasteiger partial charge in [0.2, 0.25) is 11.1 Å². The summed E-state index contributed by atoms with van der Waals surface area (Å²) in [6.45, 7) is 0. The molecule has 0 saturated carbocycles. The van der Waals surface area contributed by atoms with E-state index in [1.807, 2.05) is 12.1 Å². The zero-order valence-electron chi connectivity index (χ0n) is 11.5. The lowest BCUT2D eigenvalue weighted by molar-refractivity contribution is -0.128. The Kier molecular flexibility index (Phi) is 5.11. The molecule has 0 saturated heterocycles. The molecule has 6 nitrogen and oxygen atoms in total. The van der Waals surface area contributed by atoms with Crippen LogP contribution in [0.5, 0.6) is 0 Å². The van der Waals surface area contributed by atoms with Crippen molar-refractivity contribution in [2.75, 3.05) is 19.8 Å². The molecule has 2 heterocycles. The first-order chi connectivity index (χ1) is 9.66. The van der Waals surface area contributed by atoms with Crippen LogP contribution in [0, 0.1) is 0 Å². The molecule has 2 rings (SSSR count). The highest BCUT2D eigenvalue weighted by Crippen LogP contribution is 2.19. The second-order valence-electron chi connectivity index (χ2n) is 4.45. The largest absolute Gasteiger partial charge is 0.349 e. The smallest absolute Gasteiger partial charge is 0.222 e. The quantitative estimate of drug-likeness (QED) is 0.649. The van der Waals surface area contributed by atoms with E-state index in [-0.39, 0.29) is 5.91 Å². The molecule has 1 amide bonds. The van der Waals surface area contributed by atoms with Crippen molar-refractivity contribution in [1.29, 1.82) is 0 Å². The van der Waals surface area contributed by atoms with E-state index in [0.29, 0.717) is 17.4 Å². The molecule has 1 N–H and O–H groups in total. The maximum Gasteiger partial charge on any atom is 0.222 e. The number of hydrogen-bond acceptors (Lipinski definition) is 5. The van der Waals surface area contributed by atoms with Crippen molar-refractivity contribution in [2.24, 2.45) is 0 Å². The van der Waals surface area contributed by atoms with Crippen LogP contribution in [-0.4, -0.2) is 50.8 Å². The average molecular weight is 291 g/mol. The van der Waals surface area contributed by atoms with Gasteiger partial charge in [-0.2, -0.15) is 0 Å². The first-order valence-electron chi connectivity index (χ1n) is 6.32. The zero-order chi connectivity index (χ0) is 14.4. The number of hydrogen-bond donors (Lipinski definition) is 1. The summed E-state index contributed by atoms with van der Waals surface area (Å²) in [5.41, 5.74) is 0.912. The Bertz CT molecular complexity index is 555. The second-order valence-corrected chi connectivity index (χ2v) is 5.51. The first-order valence-corrected chi connectivity index (χ1v) is 7.31. The molecule has 0 aromatic carbocycles. The number of aromatic nitrogens is 4. The van der Waals surface area contributed by atoms with Crippen LogP contribution in [0.25, 0.3) is 11.4 Å². The maximum absolute atomic E-state index is 11.4. The predicted octanol–water partition coefficient (Wildman–Crippen LogP) is 1.83. The lowest BCUT2D eigenvalue weighted by atomic mass is 10.3. The molecule has 0 aliphatic heterocycles. The molecule has 0 aliphatic rings. The topological polar surface area (TPSA) is 74.8 Å². The van der Waals surface area contributed by atoms with Crippen molar-refractivity contribution in [3.8, 4) is 11.4 Å². The van der Waals surface area contributed by atoms with Crippen molar-refractivity contribution in [3.63, 3.8) is 0 Å². The molecule has 20 heavy (non-hydrogen) atoms. The fraction of sp³-hybridized carbons (Fsp3) is 0.385. The third-order valence-corrected chi connectivity index (χ3v) is 3.60. The third kappa shape index (κ3) is 4.06. The number of thioether (sulfide) groups is 1. The Hall–Kier alpha value is -1.89. The van der Waals surface area contributed by atoms with Crippen LogP contribution in [0.1, 0.15) is 12.8 Å². The summed E-state index contributed by atoms with van der Waals surface area (Å²) in [6, 6.07) is 3.79. The van der Waals surface area contributed by atoms with E-state index >= 15 is 0 Å². The second kappa shape index (κ2) is 7.04. The van der Waals surface area contributed by atoms with Gasteiger partial charge in [0.25, 0.3) is 0 Å². The van der Waals surface area contributed by atoms with Gasteiger partial charge in [0, 0.05) is 44.2 Å². The molecular formula is C13H17N5OS. The van der Waals surface area contributed by atoms with Gasteiger partial charge in [-0.25, -0.2) is 4.98 Å². The van der Waals surface area contributed by atoms with Crippen LogP contribution >= 0.6 is 11.8 Å². The van der Waals surface area contributed by atoms with Gasteiger partial charge in [-0.1, -0.05) is 11.8 Å². The molecule has 7 heteroatoms. The highest BCUT2D eigenvalue weighted by molar-refractivity contribution is 7.99. The Morgan fingerprint density at radius 1 is 1.45 bits per heavy atom. The van der Waals surface area contributed by atoms with E-state index in [4.69, 9.17) is 0 Å². The van der Waals surface area contributed by atoms with Crippen molar-refractivity contribution in [1.82, 2.24) is 25.1 Å². The van der Waals surface area contributed by atoms with Crippen molar-refractivity contribution < 1.29 is 4.79 Å². The monoisotopic (exact) mass is 291 g/mol. The Labute approximate surface area is 122 Å². The van der Waals surface area contributed by atoms with E-state index in [1.54, 1.807) is 43.2 Å². The molecular weight excluding hydrogens is 274 g/mol. The number of nitrogens with one attached hydrogen (secondary N) is 1. The van der Waals surface area contributed by atoms with Crippen LogP contribution < -0.4 is 0 Å². The van der Waals surface area contributed by atoms with Gasteiger partial charge in [0.15, 0.2) is 5.82 Å². The van der Waals surface area contributed by atoms with Gasteiger partial charge in [-0.3, -0.25) is 14.9 Å². The summed E-state index contributed by atoms with van der Waals surface area (Å²) in [5.74, 6) is 1.69. The fourth-order valence-electron chi connectivity index (χ4n) is 1.55. The number of amides is 1. The van der Waals surface area contributed by atoms with E-state index in [2.05, 4.69) is 20.2 Å². The number of aromatic amines is 1. The Balaban J connectivity index is 1.81. The number of carbonyl (C=O) groups is 1. The number of nitrogens with zero attached hydrogens (tertiary/aromatic N) is 4. The summed E-state index contributed by atoms with van der Waals surface area (Å²) in [6.07, 6.45) is 4.83. The predicted molar refractivity (Wildman–Crippen MR) is 78.3 cm³/mol. The number of pyridine rings is 1. The van der Waals surface area contributed by atoms with Gasteiger partial charge in [0.05, 0.1) is 0 Å². The first kappa shape index (κ1) is 14.5. The highest BCUT2D eigenvalue weighted by Gasteiger charge is 2.07. The SMILES string of the molecule is CN(C)C(=O)CCCSc1n[nH]c(-c2cccnc2)n1. The van der Waals surface area contributed by atoms with Crippen molar-refractivity contribution >= 4 is 17.7 Å². The van der Waals surface area contributed by atoms with E-state index in [1.165, 1.54) is 0 Å². The van der Waals surface area contributed by atoms with Gasteiger partial charge >= 0.3 is 0 Å². The highest BCUT2D eigenvalue weighted by atomic mass is 32.2. The van der Waals surface area contributed by atoms with Gasteiger partial charge in [-0.05, 0) is 18.6 Å². The van der Waals surface area contributed by atoms with Crippen molar-refractivity contribution in [3.05, 3.63) is 24.5 Å². The van der Waals surface area contributed by atoms with Gasteiger partial charge < -0.3 is 4.90 Å². The number of H-pyrrole nitrogens is 1. The summed E-state index contributed by atoms with van der Waals surface area (Å²) >= 11 is 1.55. The van der Waals surface area contributed by atoms with Crippen LogP contribution in [0.15, 0.2) is 29.7 Å². The fourth-order valence-corrected chi connectivity index (χ4v) is 2.29. The standard InChI is InChI=1S/C13H17N5OS/c1-18(2)11(19)6-4-8-20-13-15-12(16-17-13)10-5-3-7-14-9-10/h3,5,7,9H,4,6,8H2,1-2H3,(H,15,16,17). The van der Waals surface area contributed by atoms with E-state index in [0.717, 1.165) is 17.7 Å². The maximum atomic E-state index is 11.4. The molecule has 0 bridgehead atoms.